The summed E-state index contributed by atoms with van der Waals surface area (Å²) in [6.07, 6.45) is 1.72. The van der Waals surface area contributed by atoms with Gasteiger partial charge in [0.1, 0.15) is 5.75 Å². The second-order valence-electron chi connectivity index (χ2n) is 5.56. The minimum atomic E-state index is -0.155. The fraction of sp³-hybridized carbons (Fsp3) is 0.333. The minimum Gasteiger partial charge on any atom is -0.483 e. The molecule has 116 valence electrons. The van der Waals surface area contributed by atoms with Crippen LogP contribution in [0.25, 0.3) is 0 Å². The number of hydrogen-bond donors (Lipinski definition) is 1. The van der Waals surface area contributed by atoms with Gasteiger partial charge in [-0.2, -0.15) is 0 Å². The van der Waals surface area contributed by atoms with Crippen molar-refractivity contribution in [3.63, 3.8) is 0 Å². The molecule has 4 nitrogen and oxygen atoms in total. The van der Waals surface area contributed by atoms with Gasteiger partial charge in [-0.05, 0) is 51.0 Å². The van der Waals surface area contributed by atoms with Crippen molar-refractivity contribution in [3.05, 3.63) is 58.9 Å². The van der Waals surface area contributed by atoms with Crippen LogP contribution in [0.3, 0.4) is 0 Å². The molecule has 0 fully saturated rings. The van der Waals surface area contributed by atoms with E-state index in [0.29, 0.717) is 0 Å². The molecule has 1 aromatic heterocycles. The van der Waals surface area contributed by atoms with E-state index in [1.807, 2.05) is 45.9 Å². The molecular weight excluding hydrogens is 276 g/mol. The van der Waals surface area contributed by atoms with Crippen LogP contribution < -0.4 is 10.1 Å². The van der Waals surface area contributed by atoms with Crippen molar-refractivity contribution in [2.24, 2.45) is 0 Å². The number of aryl methyl sites for hydroxylation is 3. The molecule has 0 aliphatic carbocycles. The topological polar surface area (TPSA) is 51.2 Å². The van der Waals surface area contributed by atoms with E-state index in [1.165, 1.54) is 5.56 Å². The van der Waals surface area contributed by atoms with Crippen molar-refractivity contribution in [3.8, 4) is 5.75 Å². The number of rotatable bonds is 5. The summed E-state index contributed by atoms with van der Waals surface area (Å²) in [6, 6.07) is 9.61. The molecule has 1 aromatic carbocycles. The number of carbonyl (C=O) groups excluding carboxylic acids is 1. The normalized spacial score (nSPS) is 11.8. The van der Waals surface area contributed by atoms with Gasteiger partial charge in [0.15, 0.2) is 6.61 Å². The Morgan fingerprint density at radius 1 is 1.23 bits per heavy atom. The highest BCUT2D eigenvalue weighted by molar-refractivity contribution is 5.78. The van der Waals surface area contributed by atoms with Crippen molar-refractivity contribution in [1.82, 2.24) is 10.3 Å². The summed E-state index contributed by atoms with van der Waals surface area (Å²) >= 11 is 0. The van der Waals surface area contributed by atoms with Crippen LogP contribution in [0.1, 0.15) is 35.3 Å². The zero-order valence-corrected chi connectivity index (χ0v) is 13.5. The smallest absolute Gasteiger partial charge is 0.258 e. The second-order valence-corrected chi connectivity index (χ2v) is 5.56. The van der Waals surface area contributed by atoms with Gasteiger partial charge in [0, 0.05) is 6.20 Å². The molecule has 0 saturated heterocycles. The fourth-order valence-corrected chi connectivity index (χ4v) is 2.52. The van der Waals surface area contributed by atoms with E-state index in [4.69, 9.17) is 4.74 Å². The molecule has 1 amide bonds. The van der Waals surface area contributed by atoms with E-state index in [1.54, 1.807) is 6.20 Å². The number of carbonyl (C=O) groups is 1. The Morgan fingerprint density at radius 3 is 2.50 bits per heavy atom. The maximum atomic E-state index is 12.0. The molecule has 22 heavy (non-hydrogen) atoms. The molecule has 1 heterocycles. The third-order valence-electron chi connectivity index (χ3n) is 3.46. The van der Waals surface area contributed by atoms with Gasteiger partial charge in [-0.25, -0.2) is 0 Å². The third-order valence-corrected chi connectivity index (χ3v) is 3.46. The van der Waals surface area contributed by atoms with Gasteiger partial charge in [0.25, 0.3) is 5.91 Å². The van der Waals surface area contributed by atoms with Crippen molar-refractivity contribution >= 4 is 5.91 Å². The van der Waals surface area contributed by atoms with Crippen molar-refractivity contribution in [2.45, 2.75) is 33.7 Å². The van der Waals surface area contributed by atoms with E-state index in [2.05, 4.69) is 22.4 Å². The molecule has 0 aliphatic rings. The predicted molar refractivity (Wildman–Crippen MR) is 86.9 cm³/mol. The number of ether oxygens (including phenoxy) is 1. The first-order valence-corrected chi connectivity index (χ1v) is 7.38. The highest BCUT2D eigenvalue weighted by Gasteiger charge is 2.12. The van der Waals surface area contributed by atoms with Gasteiger partial charge in [-0.1, -0.05) is 23.8 Å². The highest BCUT2D eigenvalue weighted by Crippen LogP contribution is 2.24. The maximum absolute atomic E-state index is 12.0. The van der Waals surface area contributed by atoms with E-state index < -0.39 is 0 Å². The average Bonchev–Trinajstić information content (AvgIpc) is 2.47. The third kappa shape index (κ3) is 4.07. The van der Waals surface area contributed by atoms with Crippen LogP contribution in [0.15, 0.2) is 36.5 Å². The number of benzene rings is 1. The van der Waals surface area contributed by atoms with E-state index in [0.717, 1.165) is 22.6 Å². The quantitative estimate of drug-likeness (QED) is 0.921. The molecule has 1 atom stereocenters. The Bertz CT molecular complexity index is 630. The molecule has 0 bridgehead atoms. The van der Waals surface area contributed by atoms with Crippen LogP contribution in [-0.2, 0) is 4.79 Å². The summed E-state index contributed by atoms with van der Waals surface area (Å²) in [5.41, 5.74) is 4.11. The zero-order valence-electron chi connectivity index (χ0n) is 13.5. The van der Waals surface area contributed by atoms with Gasteiger partial charge in [0.05, 0.1) is 11.7 Å². The van der Waals surface area contributed by atoms with E-state index in [9.17, 15) is 4.79 Å². The molecular formula is C18H22N2O2. The summed E-state index contributed by atoms with van der Waals surface area (Å²) in [7, 11) is 0. The maximum Gasteiger partial charge on any atom is 0.258 e. The monoisotopic (exact) mass is 298 g/mol. The van der Waals surface area contributed by atoms with Crippen LogP contribution in [0, 0.1) is 20.8 Å². The molecule has 2 aromatic rings. The molecule has 4 heteroatoms. The van der Waals surface area contributed by atoms with Gasteiger partial charge >= 0.3 is 0 Å². The standard InChI is InChI=1S/C18H22N2O2/c1-12-9-13(2)18(14(3)10-12)22-11-17(21)20-15(4)16-7-5-6-8-19-16/h5-10,15H,11H2,1-4H3,(H,20,21). The first-order chi connectivity index (χ1) is 10.5. The second kappa shape index (κ2) is 7.07. The summed E-state index contributed by atoms with van der Waals surface area (Å²) in [5.74, 6) is 0.628. The van der Waals surface area contributed by atoms with Crippen LogP contribution in [0.4, 0.5) is 0 Å². The molecule has 0 radical (unpaired) electrons. The lowest BCUT2D eigenvalue weighted by atomic mass is 10.1. The number of amides is 1. The van der Waals surface area contributed by atoms with Gasteiger partial charge in [-0.3, -0.25) is 9.78 Å². The Kier molecular flexibility index (Phi) is 5.15. The predicted octanol–water partition coefficient (Wildman–Crippen LogP) is 3.26. The largest absolute Gasteiger partial charge is 0.483 e. The first-order valence-electron chi connectivity index (χ1n) is 7.38. The number of nitrogens with zero attached hydrogens (tertiary/aromatic N) is 1. The number of nitrogens with one attached hydrogen (secondary N) is 1. The Labute approximate surface area is 131 Å². The Morgan fingerprint density at radius 2 is 1.91 bits per heavy atom. The van der Waals surface area contributed by atoms with Crippen LogP contribution in [0.2, 0.25) is 0 Å². The van der Waals surface area contributed by atoms with Crippen molar-refractivity contribution < 1.29 is 9.53 Å². The lowest BCUT2D eigenvalue weighted by Crippen LogP contribution is -2.31. The highest BCUT2D eigenvalue weighted by atomic mass is 16.5. The SMILES string of the molecule is Cc1cc(C)c(OCC(=O)NC(C)c2ccccn2)c(C)c1. The first kappa shape index (κ1) is 16.0. The molecule has 2 rings (SSSR count). The summed E-state index contributed by atoms with van der Waals surface area (Å²) in [5, 5.41) is 2.89. The number of pyridine rings is 1. The summed E-state index contributed by atoms with van der Waals surface area (Å²) < 4.78 is 5.69. The molecule has 1 N–H and O–H groups in total. The number of aromatic nitrogens is 1. The van der Waals surface area contributed by atoms with E-state index in [-0.39, 0.29) is 18.6 Å². The summed E-state index contributed by atoms with van der Waals surface area (Å²) in [6.45, 7) is 7.93. The molecule has 0 saturated carbocycles. The lowest BCUT2D eigenvalue weighted by molar-refractivity contribution is -0.123. The van der Waals surface area contributed by atoms with Crippen LogP contribution in [0.5, 0.6) is 5.75 Å². The van der Waals surface area contributed by atoms with Crippen LogP contribution >= 0.6 is 0 Å². The Hall–Kier alpha value is -2.36. The molecule has 0 aliphatic heterocycles. The van der Waals surface area contributed by atoms with E-state index >= 15 is 0 Å². The summed E-state index contributed by atoms with van der Waals surface area (Å²) in [4.78, 5) is 16.3. The minimum absolute atomic E-state index is 0.00190. The fourth-order valence-electron chi connectivity index (χ4n) is 2.52. The van der Waals surface area contributed by atoms with Crippen molar-refractivity contribution in [2.75, 3.05) is 6.61 Å². The lowest BCUT2D eigenvalue weighted by Gasteiger charge is -2.16. The van der Waals surface area contributed by atoms with Gasteiger partial charge < -0.3 is 10.1 Å². The zero-order chi connectivity index (χ0) is 16.1. The average molecular weight is 298 g/mol. The molecule has 0 spiro atoms. The van der Waals surface area contributed by atoms with Crippen molar-refractivity contribution in [1.29, 1.82) is 0 Å². The van der Waals surface area contributed by atoms with Gasteiger partial charge in [-0.15, -0.1) is 0 Å². The van der Waals surface area contributed by atoms with Gasteiger partial charge in [0.2, 0.25) is 0 Å². The molecule has 1 unspecified atom stereocenters. The number of hydrogen-bond acceptors (Lipinski definition) is 3. The Balaban J connectivity index is 1.94. The van der Waals surface area contributed by atoms with Crippen LogP contribution in [-0.4, -0.2) is 17.5 Å².